The standard InChI is InChI=1S/C23H25N5O3S/c1-4-28-22(18-12-13-19(30-2)20(15-18)31-3)26-27-23(28)32-16-21(29)25-24-14-8-11-17-9-6-5-7-10-17/h5-15H,4,16H2,1-3H3,(H,25,29)/b11-8+,24-14-. The fraction of sp³-hybridized carbons (Fsp3) is 0.217. The van der Waals surface area contributed by atoms with Crippen molar-refractivity contribution in [3.63, 3.8) is 0 Å². The first-order valence-electron chi connectivity index (χ1n) is 9.98. The number of hydrogen-bond donors (Lipinski definition) is 1. The van der Waals surface area contributed by atoms with Crippen LogP contribution < -0.4 is 14.9 Å². The first-order chi connectivity index (χ1) is 15.7. The average Bonchev–Trinajstić information content (AvgIpc) is 3.25. The van der Waals surface area contributed by atoms with E-state index >= 15 is 0 Å². The maximum atomic E-state index is 12.1. The Morgan fingerprint density at radius 3 is 2.62 bits per heavy atom. The Kier molecular flexibility index (Phi) is 8.44. The first kappa shape index (κ1) is 23.1. The van der Waals surface area contributed by atoms with Gasteiger partial charge in [0.2, 0.25) is 0 Å². The second-order valence-electron chi connectivity index (χ2n) is 6.49. The number of allylic oxidation sites excluding steroid dienone is 1. The molecule has 9 heteroatoms. The smallest absolute Gasteiger partial charge is 0.250 e. The summed E-state index contributed by atoms with van der Waals surface area (Å²) in [5, 5.41) is 13.1. The molecule has 0 aliphatic heterocycles. The first-order valence-corrected chi connectivity index (χ1v) is 11.0. The molecule has 1 N–H and O–H groups in total. The fourth-order valence-corrected chi connectivity index (χ4v) is 3.70. The Hall–Kier alpha value is -3.59. The number of benzene rings is 2. The maximum Gasteiger partial charge on any atom is 0.250 e. The molecule has 1 amide bonds. The predicted molar refractivity (Wildman–Crippen MR) is 127 cm³/mol. The summed E-state index contributed by atoms with van der Waals surface area (Å²) in [5.74, 6) is 1.90. The molecule has 0 bridgehead atoms. The number of hydrogen-bond acceptors (Lipinski definition) is 7. The highest BCUT2D eigenvalue weighted by molar-refractivity contribution is 7.99. The van der Waals surface area contributed by atoms with Crippen LogP contribution in [0.5, 0.6) is 11.5 Å². The zero-order valence-electron chi connectivity index (χ0n) is 18.2. The van der Waals surface area contributed by atoms with Crippen LogP contribution >= 0.6 is 11.8 Å². The highest BCUT2D eigenvalue weighted by Gasteiger charge is 2.16. The molecule has 3 aromatic rings. The van der Waals surface area contributed by atoms with E-state index in [4.69, 9.17) is 9.47 Å². The van der Waals surface area contributed by atoms with Crippen molar-refractivity contribution in [2.75, 3.05) is 20.0 Å². The van der Waals surface area contributed by atoms with Gasteiger partial charge in [-0.05, 0) is 36.8 Å². The number of thioether (sulfide) groups is 1. The minimum Gasteiger partial charge on any atom is -0.493 e. The molecule has 0 unspecified atom stereocenters. The van der Waals surface area contributed by atoms with E-state index in [1.165, 1.54) is 11.8 Å². The van der Waals surface area contributed by atoms with E-state index in [1.807, 2.05) is 66.1 Å². The highest BCUT2D eigenvalue weighted by atomic mass is 32.2. The summed E-state index contributed by atoms with van der Waals surface area (Å²) in [6, 6.07) is 15.4. The lowest BCUT2D eigenvalue weighted by Gasteiger charge is -2.10. The van der Waals surface area contributed by atoms with Crippen molar-refractivity contribution in [3.8, 4) is 22.9 Å². The molecule has 0 aliphatic rings. The molecule has 0 radical (unpaired) electrons. The van der Waals surface area contributed by atoms with Crippen molar-refractivity contribution in [2.45, 2.75) is 18.6 Å². The third-order valence-electron chi connectivity index (χ3n) is 4.45. The number of carbonyl (C=O) groups is 1. The van der Waals surface area contributed by atoms with Crippen LogP contribution in [0.15, 0.2) is 64.9 Å². The molecule has 0 atom stereocenters. The lowest BCUT2D eigenvalue weighted by molar-refractivity contribution is -0.118. The Labute approximate surface area is 191 Å². The lowest BCUT2D eigenvalue weighted by Crippen LogP contribution is -2.19. The van der Waals surface area contributed by atoms with E-state index in [9.17, 15) is 4.79 Å². The SMILES string of the molecule is CCn1c(SCC(=O)N/N=C\C=C\c2ccccc2)nnc1-c1ccc(OC)c(OC)c1. The molecule has 1 aromatic heterocycles. The molecule has 0 spiro atoms. The van der Waals surface area contributed by atoms with Gasteiger partial charge in [0.15, 0.2) is 22.5 Å². The summed E-state index contributed by atoms with van der Waals surface area (Å²) in [7, 11) is 3.18. The quantitative estimate of drug-likeness (QED) is 0.286. The van der Waals surface area contributed by atoms with Gasteiger partial charge in [-0.15, -0.1) is 10.2 Å². The molecule has 32 heavy (non-hydrogen) atoms. The summed E-state index contributed by atoms with van der Waals surface area (Å²) in [6.07, 6.45) is 5.22. The van der Waals surface area contributed by atoms with Gasteiger partial charge in [-0.3, -0.25) is 4.79 Å². The van der Waals surface area contributed by atoms with Crippen LogP contribution in [0.3, 0.4) is 0 Å². The molecular formula is C23H25N5O3S. The third kappa shape index (κ3) is 5.98. The number of nitrogens with zero attached hydrogens (tertiary/aromatic N) is 4. The van der Waals surface area contributed by atoms with E-state index in [2.05, 4.69) is 20.7 Å². The Balaban J connectivity index is 1.59. The van der Waals surface area contributed by atoms with Crippen LogP contribution in [-0.4, -0.2) is 46.9 Å². The molecular weight excluding hydrogens is 426 g/mol. The van der Waals surface area contributed by atoms with Crippen molar-refractivity contribution >= 4 is 30.0 Å². The monoisotopic (exact) mass is 451 g/mol. The third-order valence-corrected chi connectivity index (χ3v) is 5.41. The van der Waals surface area contributed by atoms with E-state index in [0.29, 0.717) is 29.0 Å². The van der Waals surface area contributed by atoms with Gasteiger partial charge in [0.25, 0.3) is 5.91 Å². The van der Waals surface area contributed by atoms with E-state index in [0.717, 1.165) is 11.1 Å². The molecule has 0 fully saturated rings. The van der Waals surface area contributed by atoms with E-state index in [-0.39, 0.29) is 11.7 Å². The van der Waals surface area contributed by atoms with Gasteiger partial charge in [0, 0.05) is 18.3 Å². The number of carbonyl (C=O) groups excluding carboxylic acids is 1. The van der Waals surface area contributed by atoms with Crippen LogP contribution in [0.2, 0.25) is 0 Å². The largest absolute Gasteiger partial charge is 0.493 e. The minimum absolute atomic E-state index is 0.170. The van der Waals surface area contributed by atoms with Crippen molar-refractivity contribution in [1.29, 1.82) is 0 Å². The summed E-state index contributed by atoms with van der Waals surface area (Å²) < 4.78 is 12.6. The van der Waals surface area contributed by atoms with Crippen molar-refractivity contribution in [2.24, 2.45) is 5.10 Å². The number of rotatable bonds is 10. The van der Waals surface area contributed by atoms with Gasteiger partial charge in [-0.2, -0.15) is 5.10 Å². The molecule has 0 saturated carbocycles. The second-order valence-corrected chi connectivity index (χ2v) is 7.43. The maximum absolute atomic E-state index is 12.1. The molecule has 2 aromatic carbocycles. The van der Waals surface area contributed by atoms with Gasteiger partial charge >= 0.3 is 0 Å². The fourth-order valence-electron chi connectivity index (χ4n) is 2.90. The zero-order chi connectivity index (χ0) is 22.8. The highest BCUT2D eigenvalue weighted by Crippen LogP contribution is 2.32. The summed E-state index contributed by atoms with van der Waals surface area (Å²) in [4.78, 5) is 12.1. The lowest BCUT2D eigenvalue weighted by atomic mass is 10.2. The Morgan fingerprint density at radius 1 is 1.12 bits per heavy atom. The summed E-state index contributed by atoms with van der Waals surface area (Å²) in [6.45, 7) is 2.66. The molecule has 8 nitrogen and oxygen atoms in total. The van der Waals surface area contributed by atoms with Gasteiger partial charge in [0.05, 0.1) is 20.0 Å². The van der Waals surface area contributed by atoms with Crippen LogP contribution in [0.1, 0.15) is 12.5 Å². The molecule has 1 heterocycles. The number of ether oxygens (including phenoxy) is 2. The van der Waals surface area contributed by atoms with Crippen LogP contribution in [0.25, 0.3) is 17.5 Å². The normalized spacial score (nSPS) is 11.2. The number of hydrazone groups is 1. The minimum atomic E-state index is -0.224. The van der Waals surface area contributed by atoms with Gasteiger partial charge in [-0.1, -0.05) is 48.2 Å². The number of nitrogens with one attached hydrogen (secondary N) is 1. The number of methoxy groups -OCH3 is 2. The van der Waals surface area contributed by atoms with Crippen LogP contribution in [-0.2, 0) is 11.3 Å². The molecule has 3 rings (SSSR count). The molecule has 166 valence electrons. The molecule has 0 aliphatic carbocycles. The summed E-state index contributed by atoms with van der Waals surface area (Å²) in [5.41, 5.74) is 4.42. The Morgan fingerprint density at radius 2 is 1.91 bits per heavy atom. The van der Waals surface area contributed by atoms with Crippen molar-refractivity contribution < 1.29 is 14.3 Å². The second kappa shape index (κ2) is 11.7. The topological polar surface area (TPSA) is 90.6 Å². The zero-order valence-corrected chi connectivity index (χ0v) is 19.0. The Bertz CT molecular complexity index is 1100. The number of aromatic nitrogens is 3. The van der Waals surface area contributed by atoms with Crippen LogP contribution in [0.4, 0.5) is 0 Å². The number of amides is 1. The van der Waals surface area contributed by atoms with Gasteiger partial charge in [-0.25, -0.2) is 5.43 Å². The predicted octanol–water partition coefficient (Wildman–Crippen LogP) is 3.89. The van der Waals surface area contributed by atoms with Gasteiger partial charge < -0.3 is 14.0 Å². The average molecular weight is 452 g/mol. The van der Waals surface area contributed by atoms with E-state index < -0.39 is 0 Å². The van der Waals surface area contributed by atoms with E-state index in [1.54, 1.807) is 26.5 Å². The van der Waals surface area contributed by atoms with Crippen molar-refractivity contribution in [1.82, 2.24) is 20.2 Å². The summed E-state index contributed by atoms with van der Waals surface area (Å²) >= 11 is 1.30. The molecule has 0 saturated heterocycles. The van der Waals surface area contributed by atoms with Crippen LogP contribution in [0, 0.1) is 0 Å². The van der Waals surface area contributed by atoms with Gasteiger partial charge in [0.1, 0.15) is 0 Å². The van der Waals surface area contributed by atoms with Crippen molar-refractivity contribution in [3.05, 3.63) is 60.2 Å².